The number of nitro benzene ring substituents is 1. The van der Waals surface area contributed by atoms with Crippen molar-refractivity contribution in [3.63, 3.8) is 0 Å². The predicted molar refractivity (Wildman–Crippen MR) is 144 cm³/mol. The van der Waals surface area contributed by atoms with Crippen molar-refractivity contribution in [2.75, 3.05) is 5.32 Å². The molecule has 4 aromatic rings. The van der Waals surface area contributed by atoms with Gasteiger partial charge in [-0.2, -0.15) is 5.10 Å². The lowest BCUT2D eigenvalue weighted by atomic mass is 10.1. The molecule has 0 bridgehead atoms. The molecule has 2 N–H and O–H groups in total. The number of hydrazone groups is 1. The molecule has 0 atom stereocenters. The Morgan fingerprint density at radius 2 is 1.63 bits per heavy atom. The van der Waals surface area contributed by atoms with E-state index in [0.717, 1.165) is 5.56 Å². The topological polar surface area (TPSA) is 123 Å². The second-order valence-electron chi connectivity index (χ2n) is 8.20. The van der Waals surface area contributed by atoms with E-state index >= 15 is 0 Å². The lowest BCUT2D eigenvalue weighted by Crippen LogP contribution is -2.19. The summed E-state index contributed by atoms with van der Waals surface area (Å²) in [6.45, 7) is -0.00283. The van der Waals surface area contributed by atoms with Crippen LogP contribution in [0.1, 0.15) is 27.0 Å². The Morgan fingerprint density at radius 1 is 0.895 bits per heavy atom. The van der Waals surface area contributed by atoms with Crippen molar-refractivity contribution < 1.29 is 19.2 Å². The van der Waals surface area contributed by atoms with Crippen LogP contribution < -0.4 is 15.5 Å². The zero-order valence-electron chi connectivity index (χ0n) is 20.2. The summed E-state index contributed by atoms with van der Waals surface area (Å²) in [5, 5.41) is 18.1. The second kappa shape index (κ2) is 12.6. The molecule has 0 unspecified atom stereocenters. The molecule has 0 saturated carbocycles. The van der Waals surface area contributed by atoms with Crippen LogP contribution >= 0.6 is 0 Å². The van der Waals surface area contributed by atoms with Gasteiger partial charge in [0.15, 0.2) is 0 Å². The maximum absolute atomic E-state index is 12.6. The zero-order valence-corrected chi connectivity index (χ0v) is 20.2. The number of nitrogens with zero attached hydrogens (tertiary/aromatic N) is 2. The number of hydrogen-bond acceptors (Lipinski definition) is 6. The zero-order chi connectivity index (χ0) is 26.7. The lowest BCUT2D eigenvalue weighted by molar-refractivity contribution is -0.385. The lowest BCUT2D eigenvalue weighted by Gasteiger charge is -2.09. The number of amides is 2. The average molecular weight is 509 g/mol. The highest BCUT2D eigenvalue weighted by Gasteiger charge is 2.13. The molecule has 4 rings (SSSR count). The number of nitrogens with one attached hydrogen (secondary N) is 2. The van der Waals surface area contributed by atoms with Gasteiger partial charge in [-0.05, 0) is 42.0 Å². The van der Waals surface area contributed by atoms with E-state index in [1.165, 1.54) is 12.3 Å². The molecule has 190 valence electrons. The number of hydrogen-bond donors (Lipinski definition) is 2. The minimum atomic E-state index is -0.460. The average Bonchev–Trinajstić information content (AvgIpc) is 2.93. The first-order valence-electron chi connectivity index (χ1n) is 11.7. The van der Waals surface area contributed by atoms with Gasteiger partial charge in [-0.25, -0.2) is 5.43 Å². The number of carbonyl (C=O) groups excluding carboxylic acids is 2. The quantitative estimate of drug-likeness (QED) is 0.175. The molecule has 0 aliphatic rings. The molecule has 0 spiro atoms. The van der Waals surface area contributed by atoms with Crippen molar-refractivity contribution in [2.24, 2.45) is 5.10 Å². The molecule has 0 heterocycles. The minimum Gasteiger partial charge on any atom is -0.488 e. The van der Waals surface area contributed by atoms with Crippen LogP contribution in [0.5, 0.6) is 5.75 Å². The highest BCUT2D eigenvalue weighted by atomic mass is 16.6. The molecule has 9 heteroatoms. The maximum Gasteiger partial charge on any atom is 0.276 e. The first-order valence-corrected chi connectivity index (χ1v) is 11.7. The number of carbonyl (C=O) groups is 2. The summed E-state index contributed by atoms with van der Waals surface area (Å²) in [4.78, 5) is 35.8. The van der Waals surface area contributed by atoms with E-state index in [2.05, 4.69) is 15.8 Å². The fraction of sp³-hybridized carbons (Fsp3) is 0.0690. The van der Waals surface area contributed by atoms with E-state index in [1.54, 1.807) is 66.7 Å². The van der Waals surface area contributed by atoms with Crippen LogP contribution in [0.4, 0.5) is 11.4 Å². The third-order valence-corrected chi connectivity index (χ3v) is 5.48. The highest BCUT2D eigenvalue weighted by Crippen LogP contribution is 2.22. The summed E-state index contributed by atoms with van der Waals surface area (Å²) < 4.78 is 5.80. The Balaban J connectivity index is 1.36. The van der Waals surface area contributed by atoms with E-state index in [0.29, 0.717) is 28.1 Å². The van der Waals surface area contributed by atoms with Crippen LogP contribution in [-0.2, 0) is 17.8 Å². The van der Waals surface area contributed by atoms with Crippen molar-refractivity contribution in [1.82, 2.24) is 5.43 Å². The standard InChI is InChI=1S/C29H24N4O5/c34-28(17-21-9-2-1-3-10-21)31-25-14-8-13-22(18-25)29(35)32-30-19-23-11-5-7-16-27(23)38-20-24-12-4-6-15-26(24)33(36)37/h1-16,18-19H,17,20H2,(H,31,34)(H,32,35)/b30-19-. The molecule has 0 aliphatic heterocycles. The molecule has 0 aliphatic carbocycles. The largest absolute Gasteiger partial charge is 0.488 e. The summed E-state index contributed by atoms with van der Waals surface area (Å²) in [5.41, 5.74) is 5.16. The van der Waals surface area contributed by atoms with Crippen LogP contribution in [0.3, 0.4) is 0 Å². The number of anilines is 1. The molecule has 38 heavy (non-hydrogen) atoms. The number of benzene rings is 4. The van der Waals surface area contributed by atoms with E-state index in [9.17, 15) is 19.7 Å². The SMILES string of the molecule is O=C(Cc1ccccc1)Nc1cccc(C(=O)N/N=C\c2ccccc2OCc2ccccc2[N+](=O)[O-])c1. The summed E-state index contributed by atoms with van der Waals surface area (Å²) in [6.07, 6.45) is 1.65. The van der Waals surface area contributed by atoms with E-state index in [1.807, 2.05) is 30.3 Å². The summed E-state index contributed by atoms with van der Waals surface area (Å²) in [6, 6.07) is 29.3. The number of para-hydroxylation sites is 2. The van der Waals surface area contributed by atoms with Crippen molar-refractivity contribution in [2.45, 2.75) is 13.0 Å². The van der Waals surface area contributed by atoms with Gasteiger partial charge in [-0.1, -0.05) is 60.7 Å². The van der Waals surface area contributed by atoms with E-state index in [4.69, 9.17) is 4.74 Å². The van der Waals surface area contributed by atoms with Crippen molar-refractivity contribution in [3.05, 3.63) is 135 Å². The van der Waals surface area contributed by atoms with Crippen LogP contribution in [0.2, 0.25) is 0 Å². The molecular formula is C29H24N4O5. The van der Waals surface area contributed by atoms with Gasteiger partial charge in [0.2, 0.25) is 5.91 Å². The van der Waals surface area contributed by atoms with Gasteiger partial charge in [-0.3, -0.25) is 19.7 Å². The van der Waals surface area contributed by atoms with Crippen molar-refractivity contribution in [3.8, 4) is 5.75 Å². The second-order valence-corrected chi connectivity index (χ2v) is 8.20. The highest BCUT2D eigenvalue weighted by molar-refractivity contribution is 5.98. The molecule has 0 fully saturated rings. The Morgan fingerprint density at radius 3 is 2.45 bits per heavy atom. The van der Waals surface area contributed by atoms with E-state index < -0.39 is 10.8 Å². The molecule has 9 nitrogen and oxygen atoms in total. The smallest absolute Gasteiger partial charge is 0.276 e. The van der Waals surface area contributed by atoms with Crippen LogP contribution in [-0.4, -0.2) is 23.0 Å². The van der Waals surface area contributed by atoms with Gasteiger partial charge >= 0.3 is 0 Å². The van der Waals surface area contributed by atoms with Gasteiger partial charge in [-0.15, -0.1) is 0 Å². The Kier molecular flexibility index (Phi) is 8.54. The Bertz CT molecular complexity index is 1470. The number of nitro groups is 1. The summed E-state index contributed by atoms with van der Waals surface area (Å²) in [7, 11) is 0. The summed E-state index contributed by atoms with van der Waals surface area (Å²) in [5.74, 6) is -0.199. The monoisotopic (exact) mass is 508 g/mol. The fourth-order valence-corrected chi connectivity index (χ4v) is 3.63. The first kappa shape index (κ1) is 25.8. The molecule has 2 amide bonds. The minimum absolute atomic E-state index is 0.00283. The normalized spacial score (nSPS) is 10.6. The van der Waals surface area contributed by atoms with E-state index in [-0.39, 0.29) is 24.6 Å². The fourth-order valence-electron chi connectivity index (χ4n) is 3.63. The maximum atomic E-state index is 12.6. The molecular weight excluding hydrogens is 484 g/mol. The number of rotatable bonds is 10. The molecule has 0 aromatic heterocycles. The molecule has 4 aromatic carbocycles. The molecule has 0 radical (unpaired) electrons. The first-order chi connectivity index (χ1) is 18.5. The molecule has 0 saturated heterocycles. The van der Waals surface area contributed by atoms with Crippen LogP contribution in [0.25, 0.3) is 0 Å². The third kappa shape index (κ3) is 7.11. The predicted octanol–water partition coefficient (Wildman–Crippen LogP) is 5.12. The van der Waals surface area contributed by atoms with Gasteiger partial charge in [0.25, 0.3) is 11.6 Å². The Hall–Kier alpha value is -5.31. The van der Waals surface area contributed by atoms with Crippen LogP contribution in [0, 0.1) is 10.1 Å². The van der Waals surface area contributed by atoms with Crippen LogP contribution in [0.15, 0.2) is 108 Å². The van der Waals surface area contributed by atoms with Gasteiger partial charge in [0.1, 0.15) is 12.4 Å². The van der Waals surface area contributed by atoms with Gasteiger partial charge in [0.05, 0.1) is 23.1 Å². The van der Waals surface area contributed by atoms with Gasteiger partial charge in [0, 0.05) is 22.9 Å². The Labute approximate surface area is 218 Å². The third-order valence-electron chi connectivity index (χ3n) is 5.48. The summed E-state index contributed by atoms with van der Waals surface area (Å²) >= 11 is 0. The van der Waals surface area contributed by atoms with Crippen molar-refractivity contribution in [1.29, 1.82) is 0 Å². The number of ether oxygens (including phenoxy) is 1. The van der Waals surface area contributed by atoms with Gasteiger partial charge < -0.3 is 10.1 Å². The van der Waals surface area contributed by atoms with Crippen molar-refractivity contribution >= 4 is 29.4 Å².